The number of benzene rings is 1. The first-order valence-corrected chi connectivity index (χ1v) is 6.68. The molecule has 0 aliphatic heterocycles. The van der Waals surface area contributed by atoms with Crippen molar-refractivity contribution in [1.82, 2.24) is 9.88 Å². The topological polar surface area (TPSA) is 25.4 Å². The van der Waals surface area contributed by atoms with Gasteiger partial charge in [-0.25, -0.2) is 9.37 Å². The first-order valence-electron chi connectivity index (χ1n) is 6.31. The molecule has 1 aromatic heterocycles. The first-order chi connectivity index (χ1) is 9.63. The predicted molar refractivity (Wildman–Crippen MR) is 77.5 cm³/mol. The van der Waals surface area contributed by atoms with Crippen LogP contribution < -0.4 is 4.74 Å². The van der Waals surface area contributed by atoms with Crippen LogP contribution in [0.25, 0.3) is 0 Å². The fourth-order valence-corrected chi connectivity index (χ4v) is 1.85. The minimum Gasteiger partial charge on any atom is -0.492 e. The molecule has 5 heteroatoms. The van der Waals surface area contributed by atoms with Crippen molar-refractivity contribution < 1.29 is 9.13 Å². The van der Waals surface area contributed by atoms with E-state index in [-0.39, 0.29) is 5.82 Å². The van der Waals surface area contributed by atoms with E-state index in [1.54, 1.807) is 24.4 Å². The molecule has 106 valence electrons. The van der Waals surface area contributed by atoms with Gasteiger partial charge in [-0.2, -0.15) is 0 Å². The predicted octanol–water partition coefficient (Wildman–Crippen LogP) is 3.38. The van der Waals surface area contributed by atoms with Gasteiger partial charge in [-0.15, -0.1) is 0 Å². The number of likely N-dealkylation sites (N-methyl/N-ethyl adjacent to an activating group) is 1. The second-order valence-corrected chi connectivity index (χ2v) is 4.92. The average molecular weight is 295 g/mol. The molecular weight excluding hydrogens is 279 g/mol. The summed E-state index contributed by atoms with van der Waals surface area (Å²) in [6.45, 7) is 2.08. The third-order valence-electron chi connectivity index (χ3n) is 2.80. The lowest BCUT2D eigenvalue weighted by atomic mass is 10.3. The van der Waals surface area contributed by atoms with Crippen molar-refractivity contribution in [2.75, 3.05) is 20.2 Å². The molecule has 0 bridgehead atoms. The van der Waals surface area contributed by atoms with Crippen LogP contribution in [0.5, 0.6) is 5.75 Å². The number of halogens is 2. The van der Waals surface area contributed by atoms with E-state index in [0.717, 1.165) is 18.7 Å². The summed E-state index contributed by atoms with van der Waals surface area (Å²) in [5, 5.41) is 0.496. The highest BCUT2D eigenvalue weighted by Gasteiger charge is 2.02. The van der Waals surface area contributed by atoms with Crippen molar-refractivity contribution in [2.45, 2.75) is 6.54 Å². The lowest BCUT2D eigenvalue weighted by Gasteiger charge is -2.16. The number of hydrogen-bond acceptors (Lipinski definition) is 3. The molecule has 3 nitrogen and oxygen atoms in total. The van der Waals surface area contributed by atoms with Crippen molar-refractivity contribution >= 4 is 11.6 Å². The second-order valence-electron chi connectivity index (χ2n) is 4.53. The molecule has 20 heavy (non-hydrogen) atoms. The van der Waals surface area contributed by atoms with Crippen LogP contribution in [-0.2, 0) is 6.54 Å². The maximum atomic E-state index is 12.7. The Morgan fingerprint density at radius 1 is 1.20 bits per heavy atom. The maximum Gasteiger partial charge on any atom is 0.129 e. The zero-order valence-corrected chi connectivity index (χ0v) is 12.0. The van der Waals surface area contributed by atoms with Gasteiger partial charge >= 0.3 is 0 Å². The van der Waals surface area contributed by atoms with E-state index >= 15 is 0 Å². The van der Waals surface area contributed by atoms with E-state index < -0.39 is 0 Å². The smallest absolute Gasteiger partial charge is 0.129 e. The van der Waals surface area contributed by atoms with Crippen LogP contribution in [-0.4, -0.2) is 30.1 Å². The molecule has 0 spiro atoms. The highest BCUT2D eigenvalue weighted by molar-refractivity contribution is 6.29. The Hall–Kier alpha value is -1.65. The van der Waals surface area contributed by atoms with Gasteiger partial charge < -0.3 is 4.74 Å². The number of nitrogens with zero attached hydrogens (tertiary/aromatic N) is 2. The Kier molecular flexibility index (Phi) is 5.32. The average Bonchev–Trinajstić information content (AvgIpc) is 2.44. The molecule has 0 N–H and O–H groups in total. The van der Waals surface area contributed by atoms with Crippen LogP contribution in [0.2, 0.25) is 5.15 Å². The standard InChI is InChI=1S/C15H16ClFN2O/c1-19(11-12-2-7-15(16)18-10-12)8-9-20-14-5-3-13(17)4-6-14/h2-7,10H,8-9,11H2,1H3. The summed E-state index contributed by atoms with van der Waals surface area (Å²) < 4.78 is 18.3. The monoisotopic (exact) mass is 294 g/mol. The van der Waals surface area contributed by atoms with Crippen LogP contribution in [0.3, 0.4) is 0 Å². The molecule has 1 heterocycles. The number of aromatic nitrogens is 1. The molecule has 1 aromatic carbocycles. The summed E-state index contributed by atoms with van der Waals surface area (Å²) in [4.78, 5) is 6.16. The SMILES string of the molecule is CN(CCOc1ccc(F)cc1)Cc1ccc(Cl)nc1. The highest BCUT2D eigenvalue weighted by Crippen LogP contribution is 2.11. The normalized spacial score (nSPS) is 10.8. The summed E-state index contributed by atoms with van der Waals surface area (Å²) in [6, 6.07) is 9.75. The molecule has 0 fully saturated rings. The Morgan fingerprint density at radius 3 is 2.60 bits per heavy atom. The van der Waals surface area contributed by atoms with Crippen molar-refractivity contribution in [1.29, 1.82) is 0 Å². The van der Waals surface area contributed by atoms with Gasteiger partial charge in [-0.3, -0.25) is 4.90 Å². The van der Waals surface area contributed by atoms with Gasteiger partial charge in [0, 0.05) is 19.3 Å². The van der Waals surface area contributed by atoms with Crippen LogP contribution in [0.1, 0.15) is 5.56 Å². The fourth-order valence-electron chi connectivity index (χ4n) is 1.74. The van der Waals surface area contributed by atoms with Crippen molar-refractivity contribution in [3.05, 3.63) is 59.1 Å². The molecule has 0 aliphatic rings. The van der Waals surface area contributed by atoms with E-state index in [1.165, 1.54) is 12.1 Å². The summed E-state index contributed by atoms with van der Waals surface area (Å²) in [5.41, 5.74) is 1.10. The van der Waals surface area contributed by atoms with Crippen LogP contribution in [0, 0.1) is 5.82 Å². The molecule has 0 unspecified atom stereocenters. The minimum atomic E-state index is -0.260. The van der Waals surface area contributed by atoms with E-state index in [2.05, 4.69) is 9.88 Å². The molecule has 0 saturated carbocycles. The summed E-state index contributed by atoms with van der Waals surface area (Å²) in [6.07, 6.45) is 1.76. The van der Waals surface area contributed by atoms with Crippen LogP contribution in [0.4, 0.5) is 4.39 Å². The first kappa shape index (κ1) is 14.8. The quantitative estimate of drug-likeness (QED) is 0.764. The zero-order valence-electron chi connectivity index (χ0n) is 11.2. The molecule has 0 saturated heterocycles. The van der Waals surface area contributed by atoms with E-state index in [9.17, 15) is 4.39 Å². The maximum absolute atomic E-state index is 12.7. The van der Waals surface area contributed by atoms with Gasteiger partial charge in [0.05, 0.1) is 0 Å². The second kappa shape index (κ2) is 7.22. The van der Waals surface area contributed by atoms with Crippen LogP contribution >= 0.6 is 11.6 Å². The molecule has 2 aromatic rings. The Bertz CT molecular complexity index is 531. The van der Waals surface area contributed by atoms with Gasteiger partial charge in [-0.1, -0.05) is 17.7 Å². The number of hydrogen-bond donors (Lipinski definition) is 0. The number of rotatable bonds is 6. The van der Waals surface area contributed by atoms with Crippen molar-refractivity contribution in [3.63, 3.8) is 0 Å². The molecule has 0 amide bonds. The van der Waals surface area contributed by atoms with Gasteiger partial charge in [-0.05, 0) is 42.9 Å². The summed E-state index contributed by atoms with van der Waals surface area (Å²) in [5.74, 6) is 0.415. The molecule has 2 rings (SSSR count). The molecule has 0 atom stereocenters. The third kappa shape index (κ3) is 4.79. The van der Waals surface area contributed by atoms with Gasteiger partial charge in [0.25, 0.3) is 0 Å². The third-order valence-corrected chi connectivity index (χ3v) is 3.02. The van der Waals surface area contributed by atoms with Crippen LogP contribution in [0.15, 0.2) is 42.6 Å². The Morgan fingerprint density at radius 2 is 1.95 bits per heavy atom. The highest BCUT2D eigenvalue weighted by atomic mass is 35.5. The van der Waals surface area contributed by atoms with Crippen molar-refractivity contribution in [2.24, 2.45) is 0 Å². The number of pyridine rings is 1. The zero-order chi connectivity index (χ0) is 14.4. The lowest BCUT2D eigenvalue weighted by molar-refractivity contribution is 0.232. The van der Waals surface area contributed by atoms with E-state index in [0.29, 0.717) is 17.5 Å². The van der Waals surface area contributed by atoms with E-state index in [1.807, 2.05) is 13.1 Å². The Labute approximate surface area is 123 Å². The van der Waals surface area contributed by atoms with Gasteiger partial charge in [0.2, 0.25) is 0 Å². The minimum absolute atomic E-state index is 0.260. The fraction of sp³-hybridized carbons (Fsp3) is 0.267. The summed E-state index contributed by atoms with van der Waals surface area (Å²) in [7, 11) is 2.00. The Balaban J connectivity index is 1.73. The largest absolute Gasteiger partial charge is 0.492 e. The molecule has 0 radical (unpaired) electrons. The lowest BCUT2D eigenvalue weighted by Crippen LogP contribution is -2.23. The van der Waals surface area contributed by atoms with Gasteiger partial charge in [0.15, 0.2) is 0 Å². The van der Waals surface area contributed by atoms with Gasteiger partial charge in [0.1, 0.15) is 23.3 Å². The van der Waals surface area contributed by atoms with E-state index in [4.69, 9.17) is 16.3 Å². The summed E-state index contributed by atoms with van der Waals surface area (Å²) >= 11 is 5.74. The molecular formula is C15H16ClFN2O. The van der Waals surface area contributed by atoms with Crippen molar-refractivity contribution in [3.8, 4) is 5.75 Å². The molecule has 0 aliphatic carbocycles. The number of ether oxygens (including phenoxy) is 1.